The van der Waals surface area contributed by atoms with Crippen LogP contribution < -0.4 is 15.2 Å². The minimum Gasteiger partial charge on any atom is -0.486 e. The summed E-state index contributed by atoms with van der Waals surface area (Å²) < 4.78 is 11.2. The van der Waals surface area contributed by atoms with Gasteiger partial charge in [0.2, 0.25) is 0 Å². The van der Waals surface area contributed by atoms with Gasteiger partial charge in [-0.2, -0.15) is 0 Å². The highest BCUT2D eigenvalue weighted by atomic mass is 16.6. The molecule has 1 atom stereocenters. The van der Waals surface area contributed by atoms with Crippen LogP contribution in [0.2, 0.25) is 0 Å². The van der Waals surface area contributed by atoms with E-state index in [4.69, 9.17) is 15.2 Å². The highest BCUT2D eigenvalue weighted by Gasteiger charge is 2.26. The first-order valence-corrected chi connectivity index (χ1v) is 5.03. The lowest BCUT2D eigenvalue weighted by Gasteiger charge is -2.21. The maximum absolute atomic E-state index is 5.98. The van der Waals surface area contributed by atoms with E-state index in [0.717, 1.165) is 24.3 Å². The molecule has 0 saturated heterocycles. The van der Waals surface area contributed by atoms with E-state index in [9.17, 15) is 0 Å². The highest BCUT2D eigenvalue weighted by Crippen LogP contribution is 2.42. The van der Waals surface area contributed by atoms with Gasteiger partial charge in [-0.15, -0.1) is 0 Å². The summed E-state index contributed by atoms with van der Waals surface area (Å²) in [5, 5.41) is 0. The zero-order chi connectivity index (χ0) is 9.54. The molecule has 0 saturated carbocycles. The van der Waals surface area contributed by atoms with E-state index in [2.05, 4.69) is 6.07 Å². The predicted molar refractivity (Wildman–Crippen MR) is 52.7 cm³/mol. The van der Waals surface area contributed by atoms with Crippen molar-refractivity contribution in [2.45, 2.75) is 18.9 Å². The molecule has 3 heteroatoms. The van der Waals surface area contributed by atoms with E-state index in [1.165, 1.54) is 11.1 Å². The smallest absolute Gasteiger partial charge is 0.164 e. The van der Waals surface area contributed by atoms with Crippen molar-refractivity contribution < 1.29 is 9.47 Å². The zero-order valence-electron chi connectivity index (χ0n) is 7.95. The van der Waals surface area contributed by atoms with Crippen molar-refractivity contribution in [2.24, 2.45) is 5.73 Å². The molecule has 1 aromatic rings. The number of fused-ring (bicyclic) bond motifs is 3. The summed E-state index contributed by atoms with van der Waals surface area (Å²) in [6.45, 7) is 1.30. The third-order valence-corrected chi connectivity index (χ3v) is 2.95. The van der Waals surface area contributed by atoms with Crippen LogP contribution in [0.15, 0.2) is 12.1 Å². The molecular weight excluding hydrogens is 178 g/mol. The molecule has 0 spiro atoms. The quantitative estimate of drug-likeness (QED) is 0.674. The zero-order valence-corrected chi connectivity index (χ0v) is 7.95. The van der Waals surface area contributed by atoms with Crippen molar-refractivity contribution in [3.8, 4) is 11.5 Å². The normalized spacial score (nSPS) is 23.4. The molecule has 3 rings (SSSR count). The maximum Gasteiger partial charge on any atom is 0.164 e. The first kappa shape index (κ1) is 8.12. The highest BCUT2D eigenvalue weighted by molar-refractivity contribution is 5.54. The Hall–Kier alpha value is -1.22. The van der Waals surface area contributed by atoms with Crippen molar-refractivity contribution in [1.82, 2.24) is 0 Å². The fraction of sp³-hybridized carbons (Fsp3) is 0.455. The maximum atomic E-state index is 5.98. The summed E-state index contributed by atoms with van der Waals surface area (Å²) in [6, 6.07) is 4.22. The van der Waals surface area contributed by atoms with Crippen LogP contribution in [-0.2, 0) is 6.42 Å². The Labute approximate surface area is 82.8 Å². The van der Waals surface area contributed by atoms with E-state index in [1.807, 2.05) is 6.07 Å². The van der Waals surface area contributed by atoms with Gasteiger partial charge in [-0.05, 0) is 24.5 Å². The molecule has 3 nitrogen and oxygen atoms in total. The van der Waals surface area contributed by atoms with Crippen LogP contribution in [0.25, 0.3) is 0 Å². The SMILES string of the molecule is N[C@H]1CCc2c1ccc1c2OCCO1. The lowest BCUT2D eigenvalue weighted by Crippen LogP contribution is -2.16. The Kier molecular flexibility index (Phi) is 1.67. The molecule has 1 aliphatic heterocycles. The van der Waals surface area contributed by atoms with E-state index in [1.54, 1.807) is 0 Å². The Morgan fingerprint density at radius 1 is 1.21 bits per heavy atom. The molecule has 0 radical (unpaired) electrons. The average molecular weight is 191 g/mol. The lowest BCUT2D eigenvalue weighted by atomic mass is 10.1. The van der Waals surface area contributed by atoms with Gasteiger partial charge in [0, 0.05) is 11.6 Å². The van der Waals surface area contributed by atoms with Crippen LogP contribution in [0.1, 0.15) is 23.6 Å². The molecule has 0 fully saturated rings. The molecule has 1 aromatic carbocycles. The van der Waals surface area contributed by atoms with Gasteiger partial charge in [0.05, 0.1) is 0 Å². The molecule has 0 amide bonds. The number of ether oxygens (including phenoxy) is 2. The van der Waals surface area contributed by atoms with E-state index < -0.39 is 0 Å². The fourth-order valence-corrected chi connectivity index (χ4v) is 2.25. The summed E-state index contributed by atoms with van der Waals surface area (Å²) in [4.78, 5) is 0. The third kappa shape index (κ3) is 1.02. The fourth-order valence-electron chi connectivity index (χ4n) is 2.25. The van der Waals surface area contributed by atoms with Crippen molar-refractivity contribution in [2.75, 3.05) is 13.2 Å². The Bertz CT molecular complexity index is 376. The summed E-state index contributed by atoms with van der Waals surface area (Å²) >= 11 is 0. The molecule has 1 heterocycles. The van der Waals surface area contributed by atoms with Gasteiger partial charge in [-0.3, -0.25) is 0 Å². The number of nitrogens with two attached hydrogens (primary N) is 1. The molecule has 0 unspecified atom stereocenters. The van der Waals surface area contributed by atoms with Crippen molar-refractivity contribution >= 4 is 0 Å². The van der Waals surface area contributed by atoms with Gasteiger partial charge in [0.25, 0.3) is 0 Å². The molecule has 0 aromatic heterocycles. The van der Waals surface area contributed by atoms with Crippen LogP contribution in [0.5, 0.6) is 11.5 Å². The predicted octanol–water partition coefficient (Wildman–Crippen LogP) is 1.40. The number of rotatable bonds is 0. The van der Waals surface area contributed by atoms with Gasteiger partial charge < -0.3 is 15.2 Å². The van der Waals surface area contributed by atoms with E-state index >= 15 is 0 Å². The Morgan fingerprint density at radius 3 is 3.00 bits per heavy atom. The van der Waals surface area contributed by atoms with Gasteiger partial charge in [0.1, 0.15) is 13.2 Å². The van der Waals surface area contributed by atoms with Gasteiger partial charge in [0.15, 0.2) is 11.5 Å². The van der Waals surface area contributed by atoms with Crippen molar-refractivity contribution in [1.29, 1.82) is 0 Å². The van der Waals surface area contributed by atoms with Gasteiger partial charge in [-0.1, -0.05) is 6.07 Å². The van der Waals surface area contributed by atoms with E-state index in [-0.39, 0.29) is 6.04 Å². The van der Waals surface area contributed by atoms with Crippen LogP contribution in [0.3, 0.4) is 0 Å². The molecule has 2 N–H and O–H groups in total. The summed E-state index contributed by atoms with van der Waals surface area (Å²) in [6.07, 6.45) is 2.04. The first-order chi connectivity index (χ1) is 6.86. The Balaban J connectivity index is 2.15. The van der Waals surface area contributed by atoms with Crippen LogP contribution in [0, 0.1) is 0 Å². The van der Waals surface area contributed by atoms with Gasteiger partial charge >= 0.3 is 0 Å². The monoisotopic (exact) mass is 191 g/mol. The molecule has 0 bridgehead atoms. The minimum atomic E-state index is 0.181. The standard InChI is InChI=1S/C11H13NO2/c12-9-3-1-8-7(9)2-4-10-11(8)14-6-5-13-10/h2,4,9H,1,3,5-6,12H2/t9-/m0/s1. The number of hydrogen-bond donors (Lipinski definition) is 1. The largest absolute Gasteiger partial charge is 0.486 e. The van der Waals surface area contributed by atoms with Crippen molar-refractivity contribution in [3.63, 3.8) is 0 Å². The van der Waals surface area contributed by atoms with E-state index in [0.29, 0.717) is 13.2 Å². The number of benzene rings is 1. The molecule has 1 aliphatic carbocycles. The van der Waals surface area contributed by atoms with Crippen LogP contribution in [0.4, 0.5) is 0 Å². The second-order valence-corrected chi connectivity index (χ2v) is 3.80. The lowest BCUT2D eigenvalue weighted by molar-refractivity contribution is 0.170. The molecule has 74 valence electrons. The second-order valence-electron chi connectivity index (χ2n) is 3.80. The summed E-state index contributed by atoms with van der Waals surface area (Å²) in [5.74, 6) is 1.81. The minimum absolute atomic E-state index is 0.181. The molecule has 14 heavy (non-hydrogen) atoms. The second kappa shape index (κ2) is 2.89. The number of hydrogen-bond acceptors (Lipinski definition) is 3. The average Bonchev–Trinajstić information content (AvgIpc) is 2.61. The third-order valence-electron chi connectivity index (χ3n) is 2.95. The van der Waals surface area contributed by atoms with Crippen LogP contribution >= 0.6 is 0 Å². The first-order valence-electron chi connectivity index (χ1n) is 5.03. The van der Waals surface area contributed by atoms with Gasteiger partial charge in [-0.25, -0.2) is 0 Å². The van der Waals surface area contributed by atoms with Crippen molar-refractivity contribution in [3.05, 3.63) is 23.3 Å². The molecular formula is C11H13NO2. The topological polar surface area (TPSA) is 44.5 Å². The summed E-state index contributed by atoms with van der Waals surface area (Å²) in [7, 11) is 0. The van der Waals surface area contributed by atoms with Crippen LogP contribution in [-0.4, -0.2) is 13.2 Å². The summed E-state index contributed by atoms with van der Waals surface area (Å²) in [5.41, 5.74) is 8.47. The molecule has 2 aliphatic rings. The Morgan fingerprint density at radius 2 is 2.07 bits per heavy atom.